The molecule has 0 aliphatic heterocycles. The van der Waals surface area contributed by atoms with Gasteiger partial charge in [-0.2, -0.15) is 4.68 Å². The van der Waals surface area contributed by atoms with Gasteiger partial charge in [-0.25, -0.2) is 0 Å². The Hall–Kier alpha value is -2.39. The molecule has 1 aromatic heterocycles. The third-order valence-electron chi connectivity index (χ3n) is 7.98. The summed E-state index contributed by atoms with van der Waals surface area (Å²) in [7, 11) is 1.63. The minimum Gasteiger partial charge on any atom is -0.497 e. The van der Waals surface area contributed by atoms with Gasteiger partial charge < -0.3 is 10.1 Å². The fourth-order valence-electron chi connectivity index (χ4n) is 6.89. The highest BCUT2D eigenvalue weighted by Crippen LogP contribution is 2.61. The number of aromatic nitrogens is 4. The molecule has 0 radical (unpaired) electrons. The molecule has 0 saturated heterocycles. The maximum atomic E-state index is 12.9. The average molecular weight is 555 g/mol. The van der Waals surface area contributed by atoms with Crippen LogP contribution in [0.5, 0.6) is 5.75 Å². The molecule has 0 unspecified atom stereocenters. The van der Waals surface area contributed by atoms with Crippen molar-refractivity contribution in [3.63, 3.8) is 0 Å². The first-order valence-electron chi connectivity index (χ1n) is 12.2. The van der Waals surface area contributed by atoms with Gasteiger partial charge in [-0.1, -0.05) is 17.8 Å². The monoisotopic (exact) mass is 553 g/mol. The maximum absolute atomic E-state index is 12.9. The lowest BCUT2D eigenvalue weighted by Gasteiger charge is -2.57. The Labute approximate surface area is 217 Å². The average Bonchev–Trinajstić information content (AvgIpc) is 3.32. The Morgan fingerprint density at radius 1 is 1.11 bits per heavy atom. The smallest absolute Gasteiger partial charge is 0.234 e. The van der Waals surface area contributed by atoms with E-state index < -0.39 is 0 Å². The first-order chi connectivity index (χ1) is 17.0. The number of halogens is 1. The number of methoxy groups -OCH3 is 1. The lowest BCUT2D eigenvalue weighted by Crippen LogP contribution is -2.48. The molecular formula is C26H28BrN5O2S. The first kappa shape index (κ1) is 23.0. The second-order valence-electron chi connectivity index (χ2n) is 10.3. The zero-order valence-corrected chi connectivity index (χ0v) is 22.0. The molecule has 35 heavy (non-hydrogen) atoms. The molecule has 7 nitrogen and oxygen atoms in total. The van der Waals surface area contributed by atoms with Crippen LogP contribution >= 0.6 is 27.7 Å². The van der Waals surface area contributed by atoms with Gasteiger partial charge in [0.1, 0.15) is 5.75 Å². The lowest BCUT2D eigenvalue weighted by molar-refractivity contribution is -0.113. The van der Waals surface area contributed by atoms with Crippen molar-refractivity contribution >= 4 is 39.3 Å². The number of hydrogen-bond donors (Lipinski definition) is 1. The van der Waals surface area contributed by atoms with Crippen LogP contribution in [0, 0.1) is 17.8 Å². The van der Waals surface area contributed by atoms with Crippen LogP contribution in [0.2, 0.25) is 0 Å². The number of ether oxygens (including phenoxy) is 1. The third kappa shape index (κ3) is 4.48. The van der Waals surface area contributed by atoms with Crippen LogP contribution in [0.4, 0.5) is 5.69 Å². The van der Waals surface area contributed by atoms with E-state index in [0.717, 1.165) is 39.4 Å². The number of thioether (sulfide) groups is 1. The molecule has 1 N–H and O–H groups in total. The summed E-state index contributed by atoms with van der Waals surface area (Å²) in [4.78, 5) is 12.9. The molecule has 7 rings (SSSR count). The van der Waals surface area contributed by atoms with E-state index in [1.807, 2.05) is 24.3 Å². The van der Waals surface area contributed by atoms with E-state index in [4.69, 9.17) is 4.74 Å². The van der Waals surface area contributed by atoms with E-state index >= 15 is 0 Å². The topological polar surface area (TPSA) is 81.9 Å². The summed E-state index contributed by atoms with van der Waals surface area (Å²) in [6.07, 6.45) is 8.18. The lowest BCUT2D eigenvalue weighted by atomic mass is 9.48. The van der Waals surface area contributed by atoms with Crippen molar-refractivity contribution in [2.75, 3.05) is 18.2 Å². The standard InChI is InChI=1S/C26H28BrN5O2S/c1-34-21-5-3-20(4-6-21)32-25(29-30-31-32)35-15-24(33)28-23-11-19(2-7-22(23)27)26-12-16-8-17(13-26)10-18(9-16)14-26/h2-7,11,16-18H,8-10,12-15H2,1H3,(H,28,33). The summed E-state index contributed by atoms with van der Waals surface area (Å²) < 4.78 is 7.75. The summed E-state index contributed by atoms with van der Waals surface area (Å²) in [5, 5.41) is 15.6. The first-order valence-corrected chi connectivity index (χ1v) is 13.9. The minimum atomic E-state index is -0.0809. The van der Waals surface area contributed by atoms with Crippen LogP contribution in [0.1, 0.15) is 44.1 Å². The van der Waals surface area contributed by atoms with Gasteiger partial charge in [0.2, 0.25) is 11.1 Å². The zero-order chi connectivity index (χ0) is 24.0. The Bertz CT molecular complexity index is 1210. The molecule has 4 bridgehead atoms. The summed E-state index contributed by atoms with van der Waals surface area (Å²) >= 11 is 4.96. The molecular weight excluding hydrogens is 526 g/mol. The molecule has 0 spiro atoms. The molecule has 4 fully saturated rings. The van der Waals surface area contributed by atoms with E-state index in [1.54, 1.807) is 11.8 Å². The van der Waals surface area contributed by atoms with E-state index in [2.05, 4.69) is 55.0 Å². The number of tetrazole rings is 1. The second kappa shape index (κ2) is 9.24. The van der Waals surface area contributed by atoms with Gasteiger partial charge in [0.05, 0.1) is 24.2 Å². The summed E-state index contributed by atoms with van der Waals surface area (Å²) in [6, 6.07) is 14.0. The summed E-state index contributed by atoms with van der Waals surface area (Å²) in [5.74, 6) is 3.55. The van der Waals surface area contributed by atoms with Crippen LogP contribution in [-0.2, 0) is 10.2 Å². The highest BCUT2D eigenvalue weighted by atomic mass is 79.9. The second-order valence-corrected chi connectivity index (χ2v) is 12.1. The molecule has 4 saturated carbocycles. The van der Waals surface area contributed by atoms with Crippen molar-refractivity contribution in [1.82, 2.24) is 20.2 Å². The number of amides is 1. The van der Waals surface area contributed by atoms with Crippen LogP contribution < -0.4 is 10.1 Å². The Kier molecular flexibility index (Phi) is 6.08. The van der Waals surface area contributed by atoms with Crippen molar-refractivity contribution in [2.45, 2.75) is 49.1 Å². The fraction of sp³-hybridized carbons (Fsp3) is 0.462. The maximum Gasteiger partial charge on any atom is 0.234 e. The van der Waals surface area contributed by atoms with Crippen LogP contribution in [0.15, 0.2) is 52.1 Å². The summed E-state index contributed by atoms with van der Waals surface area (Å²) in [6.45, 7) is 0. The zero-order valence-electron chi connectivity index (χ0n) is 19.6. The van der Waals surface area contributed by atoms with Crippen molar-refractivity contribution in [3.8, 4) is 11.4 Å². The van der Waals surface area contributed by atoms with Gasteiger partial charge in [-0.05, 0) is 130 Å². The molecule has 4 aliphatic rings. The largest absolute Gasteiger partial charge is 0.497 e. The quantitative estimate of drug-likeness (QED) is 0.381. The predicted molar refractivity (Wildman–Crippen MR) is 139 cm³/mol. The number of anilines is 1. The van der Waals surface area contributed by atoms with Crippen molar-refractivity contribution in [2.24, 2.45) is 17.8 Å². The molecule has 1 amide bonds. The van der Waals surface area contributed by atoms with Crippen LogP contribution in [0.3, 0.4) is 0 Å². The van der Waals surface area contributed by atoms with Gasteiger partial charge in [0, 0.05) is 4.47 Å². The Morgan fingerprint density at radius 2 is 1.80 bits per heavy atom. The molecule has 9 heteroatoms. The Balaban J connectivity index is 1.14. The van der Waals surface area contributed by atoms with Gasteiger partial charge in [0.25, 0.3) is 0 Å². The van der Waals surface area contributed by atoms with Crippen LogP contribution in [-0.4, -0.2) is 39.0 Å². The number of carbonyl (C=O) groups excluding carboxylic acids is 1. The van der Waals surface area contributed by atoms with E-state index in [1.165, 1.54) is 55.9 Å². The number of rotatable bonds is 7. The van der Waals surface area contributed by atoms with Crippen molar-refractivity contribution < 1.29 is 9.53 Å². The number of nitrogens with zero attached hydrogens (tertiary/aromatic N) is 4. The van der Waals surface area contributed by atoms with Gasteiger partial charge >= 0.3 is 0 Å². The van der Waals surface area contributed by atoms with E-state index in [9.17, 15) is 4.79 Å². The number of nitrogens with one attached hydrogen (secondary N) is 1. The molecule has 4 aliphatic carbocycles. The highest BCUT2D eigenvalue weighted by Gasteiger charge is 2.51. The minimum absolute atomic E-state index is 0.0809. The molecule has 2 aromatic carbocycles. The van der Waals surface area contributed by atoms with Gasteiger partial charge in [-0.15, -0.1) is 5.10 Å². The van der Waals surface area contributed by atoms with Crippen molar-refractivity contribution in [3.05, 3.63) is 52.5 Å². The normalized spacial score (nSPS) is 26.6. The number of carbonyl (C=O) groups is 1. The molecule has 0 atom stereocenters. The molecule has 1 heterocycles. The fourth-order valence-corrected chi connectivity index (χ4v) is 7.92. The van der Waals surface area contributed by atoms with Crippen molar-refractivity contribution in [1.29, 1.82) is 0 Å². The molecule has 182 valence electrons. The van der Waals surface area contributed by atoms with Gasteiger partial charge in [-0.3, -0.25) is 4.79 Å². The van der Waals surface area contributed by atoms with E-state index in [-0.39, 0.29) is 11.7 Å². The number of benzene rings is 2. The highest BCUT2D eigenvalue weighted by molar-refractivity contribution is 9.10. The summed E-state index contributed by atoms with van der Waals surface area (Å²) in [5.41, 5.74) is 3.35. The predicted octanol–water partition coefficient (Wildman–Crippen LogP) is 5.63. The van der Waals surface area contributed by atoms with E-state index in [0.29, 0.717) is 10.6 Å². The Morgan fingerprint density at radius 3 is 2.46 bits per heavy atom. The SMILES string of the molecule is COc1ccc(-n2nnnc2SCC(=O)Nc2cc(C34CC5CC(CC(C5)C3)C4)ccc2Br)cc1. The third-order valence-corrected chi connectivity index (χ3v) is 9.59. The number of hydrogen-bond acceptors (Lipinski definition) is 6. The van der Waals surface area contributed by atoms with Crippen LogP contribution in [0.25, 0.3) is 5.69 Å². The molecule has 3 aromatic rings. The van der Waals surface area contributed by atoms with Gasteiger partial charge in [0.15, 0.2) is 0 Å².